The van der Waals surface area contributed by atoms with Crippen LogP contribution in [-0.2, 0) is 9.84 Å². The number of nitrogens with zero attached hydrogens (tertiary/aromatic N) is 2. The maximum Gasteiger partial charge on any atom is 0.225 e. The average Bonchev–Trinajstić information content (AvgIpc) is 2.30. The third kappa shape index (κ3) is 2.18. The highest BCUT2D eigenvalue weighted by Crippen LogP contribution is 2.19. The van der Waals surface area contributed by atoms with E-state index in [2.05, 4.69) is 10.2 Å². The fraction of sp³-hybridized carbons (Fsp3) is 0. The van der Waals surface area contributed by atoms with Crippen molar-refractivity contribution in [1.29, 1.82) is 0 Å². The lowest BCUT2D eigenvalue weighted by atomic mass is 10.3. The van der Waals surface area contributed by atoms with Crippen molar-refractivity contribution in [2.75, 3.05) is 11.5 Å². The molecule has 0 aliphatic carbocycles. The third-order valence-corrected chi connectivity index (χ3v) is 3.79. The Bertz CT molecular complexity index is 569. The van der Waals surface area contributed by atoms with Gasteiger partial charge in [0.2, 0.25) is 9.84 Å². The highest BCUT2D eigenvalue weighted by molar-refractivity contribution is 7.91. The van der Waals surface area contributed by atoms with Crippen LogP contribution in [0.5, 0.6) is 0 Å². The van der Waals surface area contributed by atoms with E-state index in [0.717, 1.165) is 0 Å². The Hall–Kier alpha value is -2.15. The number of nitrogens with two attached hydrogens (primary N) is 2. The number of aromatic nitrogens is 2. The monoisotopic (exact) mass is 250 g/mol. The lowest BCUT2D eigenvalue weighted by molar-refractivity contribution is 0.590. The van der Waals surface area contributed by atoms with Gasteiger partial charge in [0, 0.05) is 5.69 Å². The second-order valence-corrected chi connectivity index (χ2v) is 5.27. The van der Waals surface area contributed by atoms with Crippen LogP contribution in [0.15, 0.2) is 46.3 Å². The minimum atomic E-state index is -3.66. The first-order valence-corrected chi connectivity index (χ1v) is 6.18. The van der Waals surface area contributed by atoms with Crippen LogP contribution in [-0.4, -0.2) is 18.6 Å². The molecule has 7 heteroatoms. The molecule has 0 spiro atoms. The molecule has 2 aromatic rings. The zero-order chi connectivity index (χ0) is 12.5. The first-order chi connectivity index (χ1) is 8.00. The summed E-state index contributed by atoms with van der Waals surface area (Å²) in [6.07, 6.45) is 0. The summed E-state index contributed by atoms with van der Waals surface area (Å²) in [5.41, 5.74) is 11.3. The predicted molar refractivity (Wildman–Crippen MR) is 62.8 cm³/mol. The van der Waals surface area contributed by atoms with Crippen molar-refractivity contribution >= 4 is 21.3 Å². The molecule has 0 atom stereocenters. The van der Waals surface area contributed by atoms with E-state index in [4.69, 9.17) is 11.5 Å². The minimum absolute atomic E-state index is 0.116. The quantitative estimate of drug-likeness (QED) is 0.749. The summed E-state index contributed by atoms with van der Waals surface area (Å²) in [5.74, 6) is 0.168. The molecule has 4 N–H and O–H groups in total. The van der Waals surface area contributed by atoms with E-state index in [0.29, 0.717) is 5.69 Å². The standard InChI is InChI=1S/C10H10N4O2S/c11-7-1-3-8(4-2-7)17(15,16)10-6-5-9(12)13-14-10/h1-6H,11H2,(H2,12,13). The third-order valence-electron chi connectivity index (χ3n) is 2.13. The Kier molecular flexibility index (Phi) is 2.68. The smallest absolute Gasteiger partial charge is 0.225 e. The van der Waals surface area contributed by atoms with Crippen molar-refractivity contribution < 1.29 is 8.42 Å². The van der Waals surface area contributed by atoms with Crippen LogP contribution in [0.1, 0.15) is 0 Å². The molecule has 2 rings (SSSR count). The maximum absolute atomic E-state index is 12.1. The van der Waals surface area contributed by atoms with Crippen LogP contribution in [0.2, 0.25) is 0 Å². The summed E-state index contributed by atoms with van der Waals surface area (Å²) < 4.78 is 24.1. The zero-order valence-corrected chi connectivity index (χ0v) is 9.55. The largest absolute Gasteiger partial charge is 0.399 e. The van der Waals surface area contributed by atoms with Crippen molar-refractivity contribution in [1.82, 2.24) is 10.2 Å². The van der Waals surface area contributed by atoms with E-state index in [1.54, 1.807) is 0 Å². The molecule has 1 heterocycles. The fourth-order valence-corrected chi connectivity index (χ4v) is 2.37. The van der Waals surface area contributed by atoms with Crippen LogP contribution < -0.4 is 11.5 Å². The number of benzene rings is 1. The van der Waals surface area contributed by atoms with Gasteiger partial charge in [0.15, 0.2) is 5.03 Å². The van der Waals surface area contributed by atoms with Crippen LogP contribution >= 0.6 is 0 Å². The molecule has 88 valence electrons. The molecule has 0 fully saturated rings. The Balaban J connectivity index is 2.50. The molecule has 0 aliphatic heterocycles. The maximum atomic E-state index is 12.1. The number of nitrogen functional groups attached to an aromatic ring is 2. The highest BCUT2D eigenvalue weighted by Gasteiger charge is 2.19. The second-order valence-electron chi connectivity index (χ2n) is 3.37. The first kappa shape index (κ1) is 11.3. The first-order valence-electron chi connectivity index (χ1n) is 4.70. The fourth-order valence-electron chi connectivity index (χ4n) is 1.24. The average molecular weight is 250 g/mol. The van der Waals surface area contributed by atoms with Gasteiger partial charge in [-0.2, -0.15) is 0 Å². The van der Waals surface area contributed by atoms with Crippen LogP contribution in [0, 0.1) is 0 Å². The molecular weight excluding hydrogens is 240 g/mol. The molecular formula is C10H10N4O2S. The van der Waals surface area contributed by atoms with E-state index in [-0.39, 0.29) is 15.7 Å². The minimum Gasteiger partial charge on any atom is -0.399 e. The van der Waals surface area contributed by atoms with Crippen LogP contribution in [0.4, 0.5) is 11.5 Å². The summed E-state index contributed by atoms with van der Waals surface area (Å²) in [6.45, 7) is 0. The SMILES string of the molecule is Nc1ccc(S(=O)(=O)c2ccc(N)nn2)cc1. The van der Waals surface area contributed by atoms with Gasteiger partial charge in [-0.25, -0.2) is 8.42 Å². The number of hydrogen-bond acceptors (Lipinski definition) is 6. The lowest BCUT2D eigenvalue weighted by Crippen LogP contribution is -2.06. The Morgan fingerprint density at radius 2 is 1.53 bits per heavy atom. The van der Waals surface area contributed by atoms with Gasteiger partial charge >= 0.3 is 0 Å². The van der Waals surface area contributed by atoms with Gasteiger partial charge in [0.25, 0.3) is 0 Å². The van der Waals surface area contributed by atoms with Gasteiger partial charge in [-0.1, -0.05) is 0 Å². The lowest BCUT2D eigenvalue weighted by Gasteiger charge is -2.03. The molecule has 1 aromatic carbocycles. The molecule has 0 bridgehead atoms. The normalized spacial score (nSPS) is 11.3. The van der Waals surface area contributed by atoms with E-state index in [1.165, 1.54) is 36.4 Å². The van der Waals surface area contributed by atoms with Gasteiger partial charge in [-0.15, -0.1) is 10.2 Å². The van der Waals surface area contributed by atoms with Crippen molar-refractivity contribution in [3.63, 3.8) is 0 Å². The zero-order valence-electron chi connectivity index (χ0n) is 8.74. The number of anilines is 2. The van der Waals surface area contributed by atoms with Crippen molar-refractivity contribution in [3.05, 3.63) is 36.4 Å². The Labute approximate surface area is 98.2 Å². The van der Waals surface area contributed by atoms with Gasteiger partial charge < -0.3 is 11.5 Å². The van der Waals surface area contributed by atoms with Gasteiger partial charge in [0.1, 0.15) is 5.82 Å². The molecule has 1 aromatic heterocycles. The number of sulfone groups is 1. The molecule has 0 amide bonds. The van der Waals surface area contributed by atoms with E-state index in [1.807, 2.05) is 0 Å². The molecule has 0 saturated heterocycles. The van der Waals surface area contributed by atoms with E-state index < -0.39 is 9.84 Å². The van der Waals surface area contributed by atoms with Crippen molar-refractivity contribution in [2.24, 2.45) is 0 Å². The topological polar surface area (TPSA) is 112 Å². The summed E-state index contributed by atoms with van der Waals surface area (Å²) in [7, 11) is -3.66. The van der Waals surface area contributed by atoms with Crippen LogP contribution in [0.25, 0.3) is 0 Å². The predicted octanol–water partition coefficient (Wildman–Crippen LogP) is 0.474. The molecule has 0 aliphatic rings. The van der Waals surface area contributed by atoms with Gasteiger partial charge in [-0.3, -0.25) is 0 Å². The summed E-state index contributed by atoms with van der Waals surface area (Å²) in [6, 6.07) is 8.56. The van der Waals surface area contributed by atoms with Gasteiger partial charge in [0.05, 0.1) is 4.90 Å². The Morgan fingerprint density at radius 1 is 0.882 bits per heavy atom. The molecule has 0 unspecified atom stereocenters. The van der Waals surface area contributed by atoms with Gasteiger partial charge in [-0.05, 0) is 36.4 Å². The number of hydrogen-bond donors (Lipinski definition) is 2. The second kappa shape index (κ2) is 4.02. The highest BCUT2D eigenvalue weighted by atomic mass is 32.2. The Morgan fingerprint density at radius 3 is 2.06 bits per heavy atom. The van der Waals surface area contributed by atoms with Crippen molar-refractivity contribution in [2.45, 2.75) is 9.92 Å². The van der Waals surface area contributed by atoms with E-state index in [9.17, 15) is 8.42 Å². The van der Waals surface area contributed by atoms with Crippen LogP contribution in [0.3, 0.4) is 0 Å². The molecule has 0 radical (unpaired) electrons. The summed E-state index contributed by atoms with van der Waals surface area (Å²) >= 11 is 0. The van der Waals surface area contributed by atoms with E-state index >= 15 is 0 Å². The molecule has 6 nitrogen and oxygen atoms in total. The van der Waals surface area contributed by atoms with Crippen molar-refractivity contribution in [3.8, 4) is 0 Å². The molecule has 17 heavy (non-hydrogen) atoms. The number of rotatable bonds is 2. The summed E-state index contributed by atoms with van der Waals surface area (Å²) in [4.78, 5) is 0.116. The summed E-state index contributed by atoms with van der Waals surface area (Å²) in [5, 5.41) is 6.92. The molecule has 0 saturated carbocycles.